The maximum absolute atomic E-state index is 12.3. The first-order chi connectivity index (χ1) is 10.6. The second kappa shape index (κ2) is 5.40. The van der Waals surface area contributed by atoms with Crippen LogP contribution >= 0.6 is 0 Å². The summed E-state index contributed by atoms with van der Waals surface area (Å²) in [5, 5.41) is 0. The molecule has 112 valence electrons. The van der Waals surface area contributed by atoms with Crippen LogP contribution in [0, 0.1) is 0 Å². The van der Waals surface area contributed by atoms with Crippen molar-refractivity contribution in [2.24, 2.45) is 0 Å². The Kier molecular flexibility index (Phi) is 3.42. The van der Waals surface area contributed by atoms with Gasteiger partial charge in [-0.25, -0.2) is 4.79 Å². The Balaban J connectivity index is 2.37. The standard InChI is InChI=1S/C16H15N3O3/c1-2-22-16(21)11-8-13-18-12(17)9-14(20)19(13)15(11)10-6-4-3-5-7-10/h3-9,18H,2,17H2,1H3. The summed E-state index contributed by atoms with van der Waals surface area (Å²) in [6, 6.07) is 12.1. The van der Waals surface area contributed by atoms with Gasteiger partial charge in [-0.2, -0.15) is 0 Å². The topological polar surface area (TPSA) is 89.6 Å². The van der Waals surface area contributed by atoms with E-state index in [1.807, 2.05) is 30.3 Å². The Bertz CT molecular complexity index is 894. The molecule has 0 atom stereocenters. The van der Waals surface area contributed by atoms with E-state index in [1.54, 1.807) is 13.0 Å². The number of hydrogen-bond donors (Lipinski definition) is 2. The summed E-state index contributed by atoms with van der Waals surface area (Å²) in [6.45, 7) is 1.99. The van der Waals surface area contributed by atoms with Gasteiger partial charge in [0, 0.05) is 6.07 Å². The smallest absolute Gasteiger partial charge is 0.340 e. The summed E-state index contributed by atoms with van der Waals surface area (Å²) >= 11 is 0. The van der Waals surface area contributed by atoms with E-state index >= 15 is 0 Å². The first kappa shape index (κ1) is 13.9. The number of ether oxygens (including phenoxy) is 1. The number of aromatic nitrogens is 2. The predicted octanol–water partition coefficient (Wildman–Crippen LogP) is 2.05. The highest BCUT2D eigenvalue weighted by Gasteiger charge is 2.21. The normalized spacial score (nSPS) is 10.8. The van der Waals surface area contributed by atoms with E-state index in [2.05, 4.69) is 4.98 Å². The van der Waals surface area contributed by atoms with Gasteiger partial charge in [0.25, 0.3) is 5.56 Å². The monoisotopic (exact) mass is 297 g/mol. The molecule has 0 bridgehead atoms. The Labute approximate surface area is 126 Å². The summed E-state index contributed by atoms with van der Waals surface area (Å²) in [5.74, 6) is -0.235. The van der Waals surface area contributed by atoms with E-state index in [4.69, 9.17) is 10.5 Å². The van der Waals surface area contributed by atoms with Crippen LogP contribution in [0.3, 0.4) is 0 Å². The molecule has 0 saturated carbocycles. The first-order valence-corrected chi connectivity index (χ1v) is 6.88. The third kappa shape index (κ3) is 2.24. The number of nitrogens with one attached hydrogen (secondary N) is 1. The number of carbonyl (C=O) groups is 1. The quantitative estimate of drug-likeness (QED) is 0.724. The first-order valence-electron chi connectivity index (χ1n) is 6.88. The molecule has 6 nitrogen and oxygen atoms in total. The average molecular weight is 297 g/mol. The van der Waals surface area contributed by atoms with E-state index in [0.29, 0.717) is 16.9 Å². The number of esters is 1. The van der Waals surface area contributed by atoms with Crippen molar-refractivity contribution in [3.8, 4) is 11.3 Å². The molecule has 0 amide bonds. The highest BCUT2D eigenvalue weighted by Crippen LogP contribution is 2.26. The van der Waals surface area contributed by atoms with Crippen molar-refractivity contribution in [1.82, 2.24) is 9.38 Å². The molecule has 3 N–H and O–H groups in total. The molecule has 6 heteroatoms. The lowest BCUT2D eigenvalue weighted by Gasteiger charge is -2.06. The van der Waals surface area contributed by atoms with E-state index in [9.17, 15) is 9.59 Å². The number of aromatic amines is 1. The van der Waals surface area contributed by atoms with E-state index in [-0.39, 0.29) is 18.0 Å². The van der Waals surface area contributed by atoms with Crippen LogP contribution in [0.2, 0.25) is 0 Å². The van der Waals surface area contributed by atoms with Crippen LogP contribution in [-0.4, -0.2) is 22.0 Å². The minimum atomic E-state index is -0.476. The lowest BCUT2D eigenvalue weighted by atomic mass is 10.1. The molecule has 3 aromatic rings. The zero-order valence-corrected chi connectivity index (χ0v) is 12.0. The fraction of sp³-hybridized carbons (Fsp3) is 0.125. The minimum absolute atomic E-state index is 0.241. The SMILES string of the molecule is CCOC(=O)c1cc2[nH]c(N)cc(=O)n2c1-c1ccccc1. The second-order valence-corrected chi connectivity index (χ2v) is 4.78. The molecular weight excluding hydrogens is 282 g/mol. The molecule has 3 rings (SSSR count). The van der Waals surface area contributed by atoms with Crippen molar-refractivity contribution >= 4 is 17.4 Å². The van der Waals surface area contributed by atoms with Crippen LogP contribution in [0.15, 0.2) is 47.3 Å². The number of nitrogens with zero attached hydrogens (tertiary/aromatic N) is 1. The van der Waals surface area contributed by atoms with E-state index in [0.717, 1.165) is 5.56 Å². The molecule has 0 aliphatic heterocycles. The van der Waals surface area contributed by atoms with Crippen LogP contribution in [0.5, 0.6) is 0 Å². The number of nitrogen functional groups attached to an aromatic ring is 1. The zero-order valence-electron chi connectivity index (χ0n) is 12.0. The number of carbonyl (C=O) groups excluding carboxylic acids is 1. The number of H-pyrrole nitrogens is 1. The van der Waals surface area contributed by atoms with Crippen molar-refractivity contribution in [2.75, 3.05) is 12.3 Å². The third-order valence-corrected chi connectivity index (χ3v) is 3.32. The number of fused-ring (bicyclic) bond motifs is 1. The van der Waals surface area contributed by atoms with Crippen LogP contribution in [0.4, 0.5) is 5.82 Å². The van der Waals surface area contributed by atoms with Gasteiger partial charge in [-0.05, 0) is 18.6 Å². The van der Waals surface area contributed by atoms with Gasteiger partial charge < -0.3 is 15.5 Å². The van der Waals surface area contributed by atoms with E-state index in [1.165, 1.54) is 10.5 Å². The van der Waals surface area contributed by atoms with Gasteiger partial charge >= 0.3 is 5.97 Å². The van der Waals surface area contributed by atoms with Gasteiger partial charge in [-0.15, -0.1) is 0 Å². The van der Waals surface area contributed by atoms with Crippen molar-refractivity contribution in [3.63, 3.8) is 0 Å². The molecule has 22 heavy (non-hydrogen) atoms. The molecule has 0 radical (unpaired) electrons. The number of rotatable bonds is 3. The predicted molar refractivity (Wildman–Crippen MR) is 83.8 cm³/mol. The van der Waals surface area contributed by atoms with Gasteiger partial charge in [0.2, 0.25) is 0 Å². The molecule has 0 fully saturated rings. The van der Waals surface area contributed by atoms with Crippen molar-refractivity contribution < 1.29 is 9.53 Å². The molecule has 0 aliphatic carbocycles. The summed E-state index contributed by atoms with van der Waals surface area (Å²) in [6.07, 6.45) is 0. The third-order valence-electron chi connectivity index (χ3n) is 3.32. The largest absolute Gasteiger partial charge is 0.462 e. The van der Waals surface area contributed by atoms with Crippen LogP contribution in [-0.2, 0) is 4.74 Å². The molecule has 0 aliphatic rings. The minimum Gasteiger partial charge on any atom is -0.462 e. The average Bonchev–Trinajstić information content (AvgIpc) is 2.88. The number of hydrogen-bond acceptors (Lipinski definition) is 4. The molecule has 0 spiro atoms. The Hall–Kier alpha value is -3.02. The molecule has 2 heterocycles. The number of benzene rings is 1. The maximum atomic E-state index is 12.3. The Morgan fingerprint density at radius 2 is 2.00 bits per heavy atom. The van der Waals surface area contributed by atoms with E-state index < -0.39 is 5.97 Å². The second-order valence-electron chi connectivity index (χ2n) is 4.78. The van der Waals surface area contributed by atoms with Gasteiger partial charge in [0.05, 0.1) is 17.9 Å². The van der Waals surface area contributed by atoms with Crippen LogP contribution < -0.4 is 11.3 Å². The van der Waals surface area contributed by atoms with Gasteiger partial charge in [-0.1, -0.05) is 30.3 Å². The summed E-state index contributed by atoms with van der Waals surface area (Å²) in [5.41, 5.74) is 7.39. The molecule has 1 aromatic carbocycles. The maximum Gasteiger partial charge on any atom is 0.340 e. The Morgan fingerprint density at radius 3 is 2.68 bits per heavy atom. The Morgan fingerprint density at radius 1 is 1.27 bits per heavy atom. The number of nitrogens with two attached hydrogens (primary N) is 1. The fourth-order valence-corrected chi connectivity index (χ4v) is 2.46. The van der Waals surface area contributed by atoms with Gasteiger partial charge in [0.15, 0.2) is 0 Å². The molecule has 0 saturated heterocycles. The van der Waals surface area contributed by atoms with Crippen molar-refractivity contribution in [1.29, 1.82) is 0 Å². The van der Waals surface area contributed by atoms with Crippen LogP contribution in [0.1, 0.15) is 17.3 Å². The molecular formula is C16H15N3O3. The highest BCUT2D eigenvalue weighted by molar-refractivity contribution is 5.98. The lowest BCUT2D eigenvalue weighted by Crippen LogP contribution is -2.15. The summed E-state index contributed by atoms with van der Waals surface area (Å²) < 4.78 is 6.52. The van der Waals surface area contributed by atoms with Gasteiger partial charge in [0.1, 0.15) is 11.5 Å². The number of anilines is 1. The summed E-state index contributed by atoms with van der Waals surface area (Å²) in [7, 11) is 0. The fourth-order valence-electron chi connectivity index (χ4n) is 2.46. The molecule has 0 unspecified atom stereocenters. The zero-order chi connectivity index (χ0) is 15.7. The van der Waals surface area contributed by atoms with Crippen molar-refractivity contribution in [2.45, 2.75) is 6.92 Å². The highest BCUT2D eigenvalue weighted by atomic mass is 16.5. The van der Waals surface area contributed by atoms with Crippen molar-refractivity contribution in [3.05, 3.63) is 58.4 Å². The van der Waals surface area contributed by atoms with Gasteiger partial charge in [-0.3, -0.25) is 9.20 Å². The molecule has 2 aromatic heterocycles. The summed E-state index contributed by atoms with van der Waals surface area (Å²) in [4.78, 5) is 27.4. The lowest BCUT2D eigenvalue weighted by molar-refractivity contribution is 0.0527. The van der Waals surface area contributed by atoms with Crippen LogP contribution in [0.25, 0.3) is 16.9 Å².